The second-order valence-electron chi connectivity index (χ2n) is 12.0. The Balaban J connectivity index is 1.98. The molecule has 0 heterocycles. The molecule has 0 radical (unpaired) electrons. The Kier molecular flexibility index (Phi) is 7.65. The average molecular weight is 534 g/mol. The quantitative estimate of drug-likeness (QED) is 0.241. The molecule has 0 saturated heterocycles. The summed E-state index contributed by atoms with van der Waals surface area (Å²) in [5, 5.41) is 11.1. The minimum atomic E-state index is -1.01. The molecule has 0 aromatic rings. The van der Waals surface area contributed by atoms with E-state index in [4.69, 9.17) is 0 Å². The van der Waals surface area contributed by atoms with Crippen molar-refractivity contribution in [1.29, 1.82) is 0 Å². The molecular weight excluding hydrogens is 483 g/mol. The summed E-state index contributed by atoms with van der Waals surface area (Å²) < 4.78 is 1.04. The number of hydrogen-bond donors (Lipinski definition) is 1. The van der Waals surface area contributed by atoms with Crippen LogP contribution in [0.1, 0.15) is 93.9 Å². The van der Waals surface area contributed by atoms with Crippen LogP contribution in [0.5, 0.6) is 0 Å². The van der Waals surface area contributed by atoms with Gasteiger partial charge in [-0.25, -0.2) is 0 Å². The third kappa shape index (κ3) is 4.28. The molecule has 0 aromatic carbocycles. The van der Waals surface area contributed by atoms with Crippen LogP contribution in [-0.4, -0.2) is 20.7 Å². The van der Waals surface area contributed by atoms with E-state index in [1.165, 1.54) is 50.2 Å². The minimum absolute atomic E-state index is 0.0653. The van der Waals surface area contributed by atoms with Crippen molar-refractivity contribution in [3.05, 3.63) is 0 Å². The predicted octanol–water partition coefficient (Wildman–Crippen LogP) is 4.34. The fourth-order valence-electron chi connectivity index (χ4n) is 8.11. The summed E-state index contributed by atoms with van der Waals surface area (Å²) in [6.45, 7) is 20.5. The van der Waals surface area contributed by atoms with Gasteiger partial charge >= 0.3 is 194 Å². The van der Waals surface area contributed by atoms with Gasteiger partial charge in [0.2, 0.25) is 0 Å². The Morgan fingerprint density at radius 1 is 0.828 bits per heavy atom. The van der Waals surface area contributed by atoms with Gasteiger partial charge in [0.25, 0.3) is 0 Å². The maximum absolute atomic E-state index is 11.1. The first-order chi connectivity index (χ1) is 13.5. The normalized spacial score (nSPS) is 45.3. The number of rotatable bonds is 5. The fraction of sp³-hybridized carbons (Fsp3) is 1.00. The van der Waals surface area contributed by atoms with Gasteiger partial charge in [-0.15, -0.1) is 0 Å². The Morgan fingerprint density at radius 2 is 1.45 bits per heavy atom. The SMILES string of the molecule is CC[Si](CC)(CC)[I-]C1C[C@@H](C)[C@@H]2CC[C@]3(C)C(O)CC[C@@H](C)[C@H]3C[C@H]1C2(C)C. The molecule has 0 aliphatic heterocycles. The van der Waals surface area contributed by atoms with E-state index in [2.05, 4.69) is 55.4 Å². The van der Waals surface area contributed by atoms with Crippen molar-refractivity contribution in [1.82, 2.24) is 0 Å². The molecule has 3 aliphatic carbocycles. The first-order valence-electron chi connectivity index (χ1n) is 12.9. The second kappa shape index (κ2) is 9.04. The first kappa shape index (κ1) is 24.5. The average Bonchev–Trinajstić information content (AvgIpc) is 2.67. The Morgan fingerprint density at radius 3 is 2.03 bits per heavy atom. The zero-order valence-corrected chi connectivity index (χ0v) is 23.9. The van der Waals surface area contributed by atoms with E-state index in [0.29, 0.717) is 25.8 Å². The number of halogens is 1. The molecule has 0 amide bonds. The molecule has 3 rings (SSSR count). The molecule has 2 bridgehead atoms. The van der Waals surface area contributed by atoms with Crippen LogP contribution in [0, 0.1) is 40.4 Å². The summed E-state index contributed by atoms with van der Waals surface area (Å²) in [6, 6.07) is 4.56. The molecule has 3 fully saturated rings. The maximum atomic E-state index is 11.1. The van der Waals surface area contributed by atoms with Crippen LogP contribution in [0.4, 0.5) is 0 Å². The van der Waals surface area contributed by atoms with Crippen molar-refractivity contribution in [2.45, 2.75) is 122 Å². The zero-order chi connectivity index (χ0) is 21.6. The number of fused-ring (bicyclic) bond motifs is 3. The van der Waals surface area contributed by atoms with Gasteiger partial charge in [-0.3, -0.25) is 0 Å². The molecule has 3 saturated carbocycles. The van der Waals surface area contributed by atoms with Crippen LogP contribution in [0.2, 0.25) is 18.1 Å². The van der Waals surface area contributed by atoms with Crippen LogP contribution < -0.4 is 20.4 Å². The Bertz CT molecular complexity index is 551. The summed E-state index contributed by atoms with van der Waals surface area (Å²) in [5.41, 5.74) is -0.361. The van der Waals surface area contributed by atoms with Crippen molar-refractivity contribution in [2.24, 2.45) is 40.4 Å². The number of aliphatic hydroxyl groups is 1. The summed E-state index contributed by atoms with van der Waals surface area (Å²) in [4.78, 5) is 0. The van der Waals surface area contributed by atoms with E-state index in [0.717, 1.165) is 39.9 Å². The first-order valence-corrected chi connectivity index (χ1v) is 19.8. The molecule has 1 N–H and O–H groups in total. The van der Waals surface area contributed by atoms with Gasteiger partial charge in [0, 0.05) is 0 Å². The number of aliphatic hydroxyl groups excluding tert-OH is 1. The van der Waals surface area contributed by atoms with Gasteiger partial charge in [0.1, 0.15) is 0 Å². The summed E-state index contributed by atoms with van der Waals surface area (Å²) in [7, 11) is 0. The van der Waals surface area contributed by atoms with E-state index in [1.54, 1.807) is 0 Å². The fourth-order valence-corrected chi connectivity index (χ4v) is 24.0. The third-order valence-corrected chi connectivity index (χ3v) is 29.7. The van der Waals surface area contributed by atoms with Crippen LogP contribution in [0.3, 0.4) is 0 Å². The van der Waals surface area contributed by atoms with E-state index < -0.39 is 5.57 Å². The van der Waals surface area contributed by atoms with Gasteiger partial charge in [-0.2, -0.15) is 0 Å². The third-order valence-electron chi connectivity index (χ3n) is 10.6. The van der Waals surface area contributed by atoms with Gasteiger partial charge in [0.05, 0.1) is 0 Å². The summed E-state index contributed by atoms with van der Waals surface area (Å²) >= 11 is 0.319. The number of hydrogen-bond acceptors (Lipinski definition) is 1. The van der Waals surface area contributed by atoms with Gasteiger partial charge in [-0.1, -0.05) is 0 Å². The molecule has 1 nitrogen and oxygen atoms in total. The molecular formula is C26H50IOSi-. The van der Waals surface area contributed by atoms with Gasteiger partial charge in [0.15, 0.2) is 0 Å². The molecule has 0 aromatic heterocycles. The number of alkyl halides is 1. The van der Waals surface area contributed by atoms with Crippen LogP contribution in [0.25, 0.3) is 0 Å². The van der Waals surface area contributed by atoms with E-state index in [1.807, 2.05) is 0 Å². The molecule has 3 heteroatoms. The van der Waals surface area contributed by atoms with Crippen LogP contribution >= 0.6 is 0 Å². The second-order valence-corrected chi connectivity index (χ2v) is 27.0. The van der Waals surface area contributed by atoms with Crippen molar-refractivity contribution in [3.63, 3.8) is 0 Å². The van der Waals surface area contributed by atoms with E-state index in [-0.39, 0.29) is 11.5 Å². The molecule has 172 valence electrons. The van der Waals surface area contributed by atoms with Crippen molar-refractivity contribution >= 4 is 5.57 Å². The Hall–Kier alpha value is 0.907. The standard InChI is InChI=1S/C26H50IOSi/c1-9-29(10-2,11-3)27-23-16-19(5)20-14-15-26(8)21(17-22(23)25(20,6)7)18(4)12-13-24(26)28/h18-24,28H,9-17H2,1-8H3/q-1/t18-,19-,20+,21-,22-,23?,24?,26+/m1/s1. The van der Waals surface area contributed by atoms with Crippen LogP contribution in [0.15, 0.2) is 0 Å². The molecule has 8 atom stereocenters. The Labute approximate surface area is 192 Å². The summed E-state index contributed by atoms with van der Waals surface area (Å²) in [6.07, 6.45) is 7.76. The topological polar surface area (TPSA) is 20.2 Å². The van der Waals surface area contributed by atoms with Crippen LogP contribution in [-0.2, 0) is 0 Å². The monoisotopic (exact) mass is 533 g/mol. The van der Waals surface area contributed by atoms with Crippen molar-refractivity contribution < 1.29 is 25.5 Å². The predicted molar refractivity (Wildman–Crippen MR) is 125 cm³/mol. The summed E-state index contributed by atoms with van der Waals surface area (Å²) in [5.74, 6) is 4.17. The van der Waals surface area contributed by atoms with E-state index >= 15 is 0 Å². The molecule has 2 unspecified atom stereocenters. The molecule has 29 heavy (non-hydrogen) atoms. The van der Waals surface area contributed by atoms with Gasteiger partial charge < -0.3 is 0 Å². The molecule has 3 aliphatic rings. The van der Waals surface area contributed by atoms with E-state index in [9.17, 15) is 5.11 Å². The van der Waals surface area contributed by atoms with Crippen molar-refractivity contribution in [2.75, 3.05) is 0 Å². The zero-order valence-electron chi connectivity index (χ0n) is 20.7. The van der Waals surface area contributed by atoms with Gasteiger partial charge in [-0.05, 0) is 0 Å². The molecule has 0 spiro atoms. The van der Waals surface area contributed by atoms with Crippen molar-refractivity contribution in [3.8, 4) is 0 Å².